The number of hydrogen-bond donors (Lipinski definition) is 1. The Morgan fingerprint density at radius 3 is 2.62 bits per heavy atom. The molecule has 88 valence electrons. The Morgan fingerprint density at radius 2 is 2.00 bits per heavy atom. The van der Waals surface area contributed by atoms with Crippen molar-refractivity contribution in [1.29, 1.82) is 0 Å². The molecule has 16 heavy (non-hydrogen) atoms. The molecule has 0 spiro atoms. The van der Waals surface area contributed by atoms with E-state index >= 15 is 0 Å². The second kappa shape index (κ2) is 5.80. The second-order valence-corrected chi connectivity index (χ2v) is 4.26. The molecule has 1 aromatic heterocycles. The Bertz CT molecular complexity index is 303. The van der Waals surface area contributed by atoms with Crippen molar-refractivity contribution in [2.45, 2.75) is 32.7 Å². The highest BCUT2D eigenvalue weighted by Gasteiger charge is 2.10. The van der Waals surface area contributed by atoms with Gasteiger partial charge in [0.15, 0.2) is 0 Å². The minimum Gasteiger partial charge on any atom is -0.369 e. The van der Waals surface area contributed by atoms with Gasteiger partial charge in [-0.25, -0.2) is 4.98 Å². The summed E-state index contributed by atoms with van der Waals surface area (Å²) in [7, 11) is 0. The van der Waals surface area contributed by atoms with E-state index in [4.69, 9.17) is 0 Å². The van der Waals surface area contributed by atoms with Gasteiger partial charge in [0.25, 0.3) is 0 Å². The number of aromatic nitrogens is 2. The predicted molar refractivity (Wildman–Crippen MR) is 65.3 cm³/mol. The van der Waals surface area contributed by atoms with E-state index in [1.807, 2.05) is 12.4 Å². The molecule has 1 aliphatic heterocycles. The van der Waals surface area contributed by atoms with Gasteiger partial charge in [0.1, 0.15) is 5.82 Å². The van der Waals surface area contributed by atoms with Crippen LogP contribution in [0.5, 0.6) is 0 Å². The van der Waals surface area contributed by atoms with Gasteiger partial charge in [0.05, 0.1) is 18.1 Å². The zero-order chi connectivity index (χ0) is 11.2. The Balaban J connectivity index is 1.88. The van der Waals surface area contributed by atoms with E-state index in [1.54, 1.807) is 0 Å². The summed E-state index contributed by atoms with van der Waals surface area (Å²) < 4.78 is 0. The van der Waals surface area contributed by atoms with E-state index in [0.29, 0.717) is 0 Å². The van der Waals surface area contributed by atoms with E-state index in [1.165, 1.54) is 32.4 Å². The molecule has 1 aliphatic rings. The quantitative estimate of drug-likeness (QED) is 0.841. The molecular weight excluding hydrogens is 200 g/mol. The van der Waals surface area contributed by atoms with Crippen molar-refractivity contribution in [3.8, 4) is 0 Å². The molecule has 0 aliphatic carbocycles. The number of piperidine rings is 1. The van der Waals surface area contributed by atoms with Crippen LogP contribution >= 0.6 is 0 Å². The summed E-state index contributed by atoms with van der Waals surface area (Å²) in [5.74, 6) is 0.866. The van der Waals surface area contributed by atoms with Crippen LogP contribution in [0.25, 0.3) is 0 Å². The molecule has 0 atom stereocenters. The molecule has 0 radical (unpaired) electrons. The molecule has 0 amide bonds. The molecule has 0 aromatic carbocycles. The van der Waals surface area contributed by atoms with Crippen LogP contribution in [0.4, 0.5) is 5.82 Å². The summed E-state index contributed by atoms with van der Waals surface area (Å²) in [4.78, 5) is 11.2. The van der Waals surface area contributed by atoms with Gasteiger partial charge in [0.2, 0.25) is 0 Å². The number of hydrogen-bond acceptors (Lipinski definition) is 4. The van der Waals surface area contributed by atoms with E-state index in [9.17, 15) is 0 Å². The van der Waals surface area contributed by atoms with E-state index in [2.05, 4.69) is 27.1 Å². The van der Waals surface area contributed by atoms with Gasteiger partial charge in [-0.2, -0.15) is 0 Å². The summed E-state index contributed by atoms with van der Waals surface area (Å²) in [5.41, 5.74) is 1.07. The summed E-state index contributed by atoms with van der Waals surface area (Å²) >= 11 is 0. The topological polar surface area (TPSA) is 41.1 Å². The number of anilines is 1. The highest BCUT2D eigenvalue weighted by molar-refractivity contribution is 5.30. The highest BCUT2D eigenvalue weighted by Crippen LogP contribution is 2.11. The lowest BCUT2D eigenvalue weighted by Gasteiger charge is -2.25. The lowest BCUT2D eigenvalue weighted by molar-refractivity contribution is 0.218. The van der Waals surface area contributed by atoms with Gasteiger partial charge in [-0.05, 0) is 32.9 Å². The Morgan fingerprint density at radius 1 is 1.19 bits per heavy atom. The average Bonchev–Trinajstić information content (AvgIpc) is 2.33. The van der Waals surface area contributed by atoms with Gasteiger partial charge < -0.3 is 5.32 Å². The smallest absolute Gasteiger partial charge is 0.144 e. The number of likely N-dealkylation sites (tertiary alicyclic amines) is 1. The average molecular weight is 220 g/mol. The summed E-state index contributed by atoms with van der Waals surface area (Å²) in [6.07, 6.45) is 7.72. The molecular formula is C12H20N4. The lowest BCUT2D eigenvalue weighted by Crippen LogP contribution is -2.29. The van der Waals surface area contributed by atoms with Crippen molar-refractivity contribution < 1.29 is 0 Å². The van der Waals surface area contributed by atoms with Crippen molar-refractivity contribution in [1.82, 2.24) is 14.9 Å². The minimum atomic E-state index is 0.866. The van der Waals surface area contributed by atoms with Gasteiger partial charge in [-0.15, -0.1) is 0 Å². The molecule has 0 unspecified atom stereocenters. The fraction of sp³-hybridized carbons (Fsp3) is 0.667. The normalized spacial score (nSPS) is 17.3. The second-order valence-electron chi connectivity index (χ2n) is 4.26. The van der Waals surface area contributed by atoms with Crippen LogP contribution in [-0.2, 0) is 6.54 Å². The summed E-state index contributed by atoms with van der Waals surface area (Å²) in [6.45, 7) is 6.30. The minimum absolute atomic E-state index is 0.866. The third-order valence-electron chi connectivity index (χ3n) is 2.90. The molecule has 4 nitrogen and oxygen atoms in total. The molecule has 1 fully saturated rings. The van der Waals surface area contributed by atoms with Gasteiger partial charge in [0, 0.05) is 13.1 Å². The number of nitrogens with zero attached hydrogens (tertiary/aromatic N) is 3. The SMILES string of the molecule is CCNc1cnc(CN2CCCCC2)cn1. The number of nitrogens with one attached hydrogen (secondary N) is 1. The molecule has 1 N–H and O–H groups in total. The molecule has 0 saturated carbocycles. The molecule has 4 heteroatoms. The van der Waals surface area contributed by atoms with Crippen molar-refractivity contribution in [3.05, 3.63) is 18.1 Å². The predicted octanol–water partition coefficient (Wildman–Crippen LogP) is 1.89. The van der Waals surface area contributed by atoms with Crippen molar-refractivity contribution >= 4 is 5.82 Å². The van der Waals surface area contributed by atoms with Crippen LogP contribution in [0, 0.1) is 0 Å². The first-order valence-corrected chi connectivity index (χ1v) is 6.15. The molecule has 1 saturated heterocycles. The zero-order valence-electron chi connectivity index (χ0n) is 9.95. The van der Waals surface area contributed by atoms with Crippen LogP contribution in [0.1, 0.15) is 31.9 Å². The maximum absolute atomic E-state index is 4.42. The van der Waals surface area contributed by atoms with Crippen LogP contribution in [0.3, 0.4) is 0 Å². The van der Waals surface area contributed by atoms with E-state index < -0.39 is 0 Å². The Kier molecular flexibility index (Phi) is 4.10. The summed E-state index contributed by atoms with van der Waals surface area (Å²) in [5, 5.41) is 3.15. The maximum atomic E-state index is 4.42. The molecule has 0 bridgehead atoms. The van der Waals surface area contributed by atoms with Gasteiger partial charge in [-0.1, -0.05) is 6.42 Å². The first kappa shape index (κ1) is 11.3. The molecule has 2 heterocycles. The third kappa shape index (κ3) is 3.17. The van der Waals surface area contributed by atoms with E-state index in [0.717, 1.165) is 24.6 Å². The Hall–Kier alpha value is -1.16. The maximum Gasteiger partial charge on any atom is 0.144 e. The Labute approximate surface area is 97.1 Å². The van der Waals surface area contributed by atoms with E-state index in [-0.39, 0.29) is 0 Å². The van der Waals surface area contributed by atoms with Crippen LogP contribution in [0.2, 0.25) is 0 Å². The standard InChI is InChI=1S/C12H20N4/c1-2-13-12-9-14-11(8-15-12)10-16-6-4-3-5-7-16/h8-9H,2-7,10H2,1H3,(H,13,15). The zero-order valence-corrected chi connectivity index (χ0v) is 9.95. The summed E-state index contributed by atoms with van der Waals surface area (Å²) in [6, 6.07) is 0. The van der Waals surface area contributed by atoms with Gasteiger partial charge in [-0.3, -0.25) is 9.88 Å². The monoisotopic (exact) mass is 220 g/mol. The molecule has 2 rings (SSSR count). The fourth-order valence-electron chi connectivity index (χ4n) is 2.06. The van der Waals surface area contributed by atoms with Crippen LogP contribution < -0.4 is 5.32 Å². The largest absolute Gasteiger partial charge is 0.369 e. The molecule has 1 aromatic rings. The fourth-order valence-corrected chi connectivity index (χ4v) is 2.06. The van der Waals surface area contributed by atoms with Crippen molar-refractivity contribution in [2.75, 3.05) is 25.0 Å². The lowest BCUT2D eigenvalue weighted by atomic mass is 10.1. The number of rotatable bonds is 4. The van der Waals surface area contributed by atoms with Gasteiger partial charge >= 0.3 is 0 Å². The van der Waals surface area contributed by atoms with Crippen molar-refractivity contribution in [2.24, 2.45) is 0 Å². The van der Waals surface area contributed by atoms with Crippen LogP contribution in [-0.4, -0.2) is 34.5 Å². The first-order chi connectivity index (χ1) is 7.88. The highest BCUT2D eigenvalue weighted by atomic mass is 15.1. The van der Waals surface area contributed by atoms with Crippen molar-refractivity contribution in [3.63, 3.8) is 0 Å². The van der Waals surface area contributed by atoms with Crippen LogP contribution in [0.15, 0.2) is 12.4 Å². The third-order valence-corrected chi connectivity index (χ3v) is 2.90. The first-order valence-electron chi connectivity index (χ1n) is 6.15.